The lowest BCUT2D eigenvalue weighted by Gasteiger charge is -2.49. The van der Waals surface area contributed by atoms with E-state index in [1.165, 1.54) is 0 Å². The Kier molecular flexibility index (Phi) is 14.3. The normalized spacial score (nSPS) is 47.6. The van der Waals surface area contributed by atoms with E-state index in [4.69, 9.17) is 33.2 Å². The van der Waals surface area contributed by atoms with Crippen molar-refractivity contribution in [3.63, 3.8) is 0 Å². The van der Waals surface area contributed by atoms with Gasteiger partial charge in [-0.05, 0) is 0 Å². The van der Waals surface area contributed by atoms with Crippen LogP contribution < -0.4 is 10.6 Å². The number of aliphatic hydroxyl groups is 10. The Morgan fingerprint density at radius 2 is 1.00 bits per heavy atom. The predicted octanol–water partition coefficient (Wildman–Crippen LogP) is -9.05. The van der Waals surface area contributed by atoms with E-state index in [0.29, 0.717) is 0 Å². The quantitative estimate of drug-likeness (QED) is 0.0825. The highest BCUT2D eigenvalue weighted by atomic mass is 16.8. The molecule has 23 nitrogen and oxygen atoms in total. The molecule has 2 amide bonds. The summed E-state index contributed by atoms with van der Waals surface area (Å²) in [6, 6.07) is -3.14. The van der Waals surface area contributed by atoms with Crippen LogP contribution in [0.5, 0.6) is 0 Å². The van der Waals surface area contributed by atoms with E-state index in [9.17, 15) is 70.2 Å². The molecule has 0 bridgehead atoms. The first-order chi connectivity index (χ1) is 24.1. The van der Waals surface area contributed by atoms with Gasteiger partial charge in [0.05, 0.1) is 13.2 Å². The van der Waals surface area contributed by atoms with E-state index in [1.54, 1.807) is 0 Å². The molecule has 23 heteroatoms. The smallest absolute Gasteiger partial charge is 0.217 e. The number of carbonyl (C=O) groups excluding carboxylic acids is 4. The maximum atomic E-state index is 12.3. The molecule has 0 aromatic heterocycles. The van der Waals surface area contributed by atoms with Gasteiger partial charge in [0, 0.05) is 13.8 Å². The monoisotopic (exact) mass is 744 g/mol. The van der Waals surface area contributed by atoms with Crippen LogP contribution in [0.3, 0.4) is 0 Å². The highest BCUT2D eigenvalue weighted by molar-refractivity contribution is 5.73. The lowest BCUT2D eigenvalue weighted by Crippen LogP contribution is -2.70. The lowest BCUT2D eigenvalue weighted by atomic mass is 9.94. The summed E-state index contributed by atoms with van der Waals surface area (Å²) in [5.74, 6) is -1.49. The van der Waals surface area contributed by atoms with Crippen molar-refractivity contribution in [3.05, 3.63) is 0 Å². The Balaban J connectivity index is 1.58. The van der Waals surface area contributed by atoms with Crippen LogP contribution in [-0.2, 0) is 52.3 Å². The standard InChI is InChI=1S/C28H44N2O21/c1-7(35)29-13-23(16(38)10(4-32)45-25(13)44)50-28-21(43)19(41)22(12(6-34)48-28)49-26-14(30-8(2)36)24(17(39)11(5-33)46-26)51-27-20(42)18(40)15(37)9(3-31)47-27/h3,6,9-28,32-33,37-44H,4-5H2,1-2H3,(H,29,35)(H,30,36)/t9-,10-,11-,12-,13-,14-,15-,16-,17-,18+,19-,20-,21-,22-,23-,24-,25-,26+,27+,28+/m1/s1. The Morgan fingerprint density at radius 1 is 0.549 bits per heavy atom. The number of aliphatic hydroxyl groups excluding tert-OH is 10. The number of hydrogen-bond donors (Lipinski definition) is 12. The molecule has 0 aromatic carbocycles. The Bertz CT molecular complexity index is 1200. The average Bonchev–Trinajstić information content (AvgIpc) is 3.09. The van der Waals surface area contributed by atoms with Gasteiger partial charge < -0.3 is 104 Å². The number of aldehydes is 2. The molecule has 0 saturated carbocycles. The second-order valence-electron chi connectivity index (χ2n) is 12.4. The maximum Gasteiger partial charge on any atom is 0.217 e. The minimum absolute atomic E-state index is 0.118. The van der Waals surface area contributed by atoms with Crippen molar-refractivity contribution in [3.8, 4) is 0 Å². The first-order valence-electron chi connectivity index (χ1n) is 15.8. The van der Waals surface area contributed by atoms with Crippen LogP contribution in [0.1, 0.15) is 13.8 Å². The number of hydrogen-bond acceptors (Lipinski definition) is 21. The van der Waals surface area contributed by atoms with Crippen LogP contribution in [0.25, 0.3) is 0 Å². The largest absolute Gasteiger partial charge is 0.394 e. The molecule has 4 saturated heterocycles. The van der Waals surface area contributed by atoms with Crippen molar-refractivity contribution in [2.45, 2.75) is 137 Å². The first-order valence-corrected chi connectivity index (χ1v) is 15.8. The highest BCUT2D eigenvalue weighted by Crippen LogP contribution is 2.34. The molecule has 0 unspecified atom stereocenters. The van der Waals surface area contributed by atoms with Gasteiger partial charge in [0.2, 0.25) is 11.8 Å². The molecule has 4 fully saturated rings. The topological polar surface area (TPSA) is 359 Å². The molecular formula is C28H44N2O21. The zero-order chi connectivity index (χ0) is 37.9. The molecule has 0 radical (unpaired) electrons. The van der Waals surface area contributed by atoms with Gasteiger partial charge in [-0.3, -0.25) is 9.59 Å². The van der Waals surface area contributed by atoms with E-state index >= 15 is 0 Å². The van der Waals surface area contributed by atoms with Gasteiger partial charge in [-0.25, -0.2) is 0 Å². The summed E-state index contributed by atoms with van der Waals surface area (Å²) in [7, 11) is 0. The van der Waals surface area contributed by atoms with E-state index < -0.39 is 148 Å². The third-order valence-corrected chi connectivity index (χ3v) is 8.80. The van der Waals surface area contributed by atoms with Crippen LogP contribution in [0, 0.1) is 0 Å². The summed E-state index contributed by atoms with van der Waals surface area (Å²) in [5, 5.41) is 109. The summed E-state index contributed by atoms with van der Waals surface area (Å²) in [4.78, 5) is 47.7. The highest BCUT2D eigenvalue weighted by Gasteiger charge is 2.56. The SMILES string of the molecule is CC(=O)N[C@@H]1[C@@H](O[C@@H]2O[C@H](C=O)[C@@H](O[C@@H]3O[C@H](CO)[C@@H](O)[C@H](O[C@@H]4O[C@H](C=O)[C@@H](O)[C@H](O)[C@H]4O)[C@H]3NC(C)=O)[C@H](O)[C@H]2O)[C@H](O)[C@@H](CO)O[C@H]1O. The minimum Gasteiger partial charge on any atom is -0.394 e. The Hall–Kier alpha value is -2.40. The maximum absolute atomic E-state index is 12.3. The van der Waals surface area contributed by atoms with Gasteiger partial charge in [0.25, 0.3) is 0 Å². The van der Waals surface area contributed by atoms with Crippen molar-refractivity contribution >= 4 is 24.4 Å². The second kappa shape index (κ2) is 17.6. The number of rotatable bonds is 12. The molecule has 0 spiro atoms. The van der Waals surface area contributed by atoms with Gasteiger partial charge in [-0.15, -0.1) is 0 Å². The molecule has 0 aliphatic carbocycles. The molecule has 4 rings (SSSR count). The Labute approximate surface area is 288 Å². The molecule has 4 heterocycles. The number of amides is 2. The fourth-order valence-electron chi connectivity index (χ4n) is 6.17. The van der Waals surface area contributed by atoms with E-state index in [-0.39, 0.29) is 12.6 Å². The van der Waals surface area contributed by atoms with Gasteiger partial charge in [-0.1, -0.05) is 0 Å². The summed E-state index contributed by atoms with van der Waals surface area (Å²) >= 11 is 0. The molecule has 0 aromatic rings. The fraction of sp³-hybridized carbons (Fsp3) is 0.857. The molecule has 4 aliphatic rings. The number of carbonyl (C=O) groups is 4. The number of ether oxygens (including phenoxy) is 7. The van der Waals surface area contributed by atoms with Crippen molar-refractivity contribution in [1.82, 2.24) is 10.6 Å². The molecule has 20 atom stereocenters. The van der Waals surface area contributed by atoms with Gasteiger partial charge >= 0.3 is 0 Å². The van der Waals surface area contributed by atoms with Gasteiger partial charge in [0.15, 0.2) is 37.7 Å². The summed E-state index contributed by atoms with van der Waals surface area (Å²) in [6.45, 7) is 0.364. The third-order valence-electron chi connectivity index (χ3n) is 8.80. The van der Waals surface area contributed by atoms with E-state index in [1.807, 2.05) is 0 Å². The van der Waals surface area contributed by atoms with Crippen LogP contribution >= 0.6 is 0 Å². The van der Waals surface area contributed by atoms with Crippen molar-refractivity contribution in [2.75, 3.05) is 13.2 Å². The summed E-state index contributed by atoms with van der Waals surface area (Å²) in [6.07, 6.45) is -32.9. The minimum atomic E-state index is -2.11. The van der Waals surface area contributed by atoms with E-state index in [2.05, 4.69) is 10.6 Å². The molecular weight excluding hydrogens is 700 g/mol. The second-order valence-corrected chi connectivity index (χ2v) is 12.4. The Morgan fingerprint density at radius 3 is 1.51 bits per heavy atom. The lowest BCUT2D eigenvalue weighted by molar-refractivity contribution is -0.366. The van der Waals surface area contributed by atoms with Crippen LogP contribution in [0.4, 0.5) is 0 Å². The predicted molar refractivity (Wildman–Crippen MR) is 155 cm³/mol. The molecule has 4 aliphatic heterocycles. The van der Waals surface area contributed by atoms with Crippen molar-refractivity contribution in [1.29, 1.82) is 0 Å². The van der Waals surface area contributed by atoms with Gasteiger partial charge in [0.1, 0.15) is 97.5 Å². The summed E-state index contributed by atoms with van der Waals surface area (Å²) < 4.78 is 38.6. The molecule has 292 valence electrons. The van der Waals surface area contributed by atoms with Crippen LogP contribution in [0.2, 0.25) is 0 Å². The first kappa shape index (κ1) is 41.4. The molecule has 12 N–H and O–H groups in total. The van der Waals surface area contributed by atoms with Crippen molar-refractivity contribution < 1.29 is 103 Å². The van der Waals surface area contributed by atoms with Crippen LogP contribution in [-0.4, -0.2) is 211 Å². The zero-order valence-corrected chi connectivity index (χ0v) is 27.1. The zero-order valence-electron chi connectivity index (χ0n) is 27.1. The third kappa shape index (κ3) is 8.88. The summed E-state index contributed by atoms with van der Waals surface area (Å²) in [5.41, 5.74) is 0. The van der Waals surface area contributed by atoms with Crippen LogP contribution in [0.15, 0.2) is 0 Å². The number of nitrogens with one attached hydrogen (secondary N) is 2. The fourth-order valence-corrected chi connectivity index (χ4v) is 6.17. The van der Waals surface area contributed by atoms with E-state index in [0.717, 1.165) is 13.8 Å². The molecule has 51 heavy (non-hydrogen) atoms. The van der Waals surface area contributed by atoms with Gasteiger partial charge in [-0.2, -0.15) is 0 Å². The average molecular weight is 745 g/mol. The van der Waals surface area contributed by atoms with Crippen molar-refractivity contribution in [2.24, 2.45) is 0 Å².